The summed E-state index contributed by atoms with van der Waals surface area (Å²) < 4.78 is 2.40. The second-order valence-electron chi connectivity index (χ2n) is 8.13. The molecule has 6 rings (SSSR count). The lowest BCUT2D eigenvalue weighted by atomic mass is 9.99. The lowest BCUT2D eigenvalue weighted by Crippen LogP contribution is -1.99. The smallest absolute Gasteiger partial charge is 0.160 e. The molecule has 158 valence electrons. The van der Waals surface area contributed by atoms with Gasteiger partial charge in [-0.1, -0.05) is 97.1 Å². The van der Waals surface area contributed by atoms with Crippen molar-refractivity contribution in [3.63, 3.8) is 0 Å². The number of hydrogen-bond acceptors (Lipinski definition) is 2. The fourth-order valence-corrected chi connectivity index (χ4v) is 4.75. The van der Waals surface area contributed by atoms with Crippen LogP contribution in [0.1, 0.15) is 6.92 Å². The summed E-state index contributed by atoms with van der Waals surface area (Å²) in [4.78, 5) is 10.1. The van der Waals surface area contributed by atoms with E-state index in [2.05, 4.69) is 96.4 Å². The fourth-order valence-electron chi connectivity index (χ4n) is 4.75. The van der Waals surface area contributed by atoms with Crippen LogP contribution in [0.3, 0.4) is 0 Å². The number of aryl methyl sites for hydroxylation is 1. The molecule has 0 aliphatic carbocycles. The zero-order chi connectivity index (χ0) is 22.2. The quantitative estimate of drug-likeness (QED) is 0.291. The molecule has 0 aliphatic heterocycles. The van der Waals surface area contributed by atoms with Crippen LogP contribution in [0.2, 0.25) is 0 Å². The van der Waals surface area contributed by atoms with Crippen LogP contribution >= 0.6 is 0 Å². The van der Waals surface area contributed by atoms with Gasteiger partial charge in [0.2, 0.25) is 0 Å². The number of aromatic nitrogens is 3. The van der Waals surface area contributed by atoms with Gasteiger partial charge in [-0.25, -0.2) is 9.97 Å². The first-order valence-corrected chi connectivity index (χ1v) is 11.3. The Labute approximate surface area is 193 Å². The molecular formula is C30H23N3. The average Bonchev–Trinajstić information content (AvgIpc) is 3.23. The van der Waals surface area contributed by atoms with E-state index in [4.69, 9.17) is 9.97 Å². The van der Waals surface area contributed by atoms with Crippen LogP contribution in [-0.4, -0.2) is 14.5 Å². The van der Waals surface area contributed by atoms with E-state index in [1.807, 2.05) is 24.3 Å². The Morgan fingerprint density at radius 2 is 1.21 bits per heavy atom. The molecule has 0 atom stereocenters. The second-order valence-corrected chi connectivity index (χ2v) is 8.13. The standard InChI is InChI=1S/C30H23N3/c1-2-33-26-20-12-10-18-24(26)27(29(33)21-13-5-3-6-14-21)28-23-17-9-11-19-25(23)31-30(32-28)22-15-7-4-8-16-22/h3-20H,2H2,1H3. The zero-order valence-electron chi connectivity index (χ0n) is 18.4. The highest BCUT2D eigenvalue weighted by atomic mass is 15.0. The molecule has 0 saturated heterocycles. The topological polar surface area (TPSA) is 30.7 Å². The summed E-state index contributed by atoms with van der Waals surface area (Å²) in [6.45, 7) is 3.08. The van der Waals surface area contributed by atoms with E-state index in [9.17, 15) is 0 Å². The third-order valence-electron chi connectivity index (χ3n) is 6.21. The van der Waals surface area contributed by atoms with Crippen molar-refractivity contribution in [3.05, 3.63) is 109 Å². The first kappa shape index (κ1) is 19.4. The van der Waals surface area contributed by atoms with Crippen LogP contribution in [0.4, 0.5) is 0 Å². The number of para-hydroxylation sites is 2. The van der Waals surface area contributed by atoms with Crippen molar-refractivity contribution in [1.82, 2.24) is 14.5 Å². The molecule has 33 heavy (non-hydrogen) atoms. The minimum Gasteiger partial charge on any atom is -0.340 e. The predicted octanol–water partition coefficient (Wildman–Crippen LogP) is 7.61. The van der Waals surface area contributed by atoms with Gasteiger partial charge in [-0.3, -0.25) is 0 Å². The van der Waals surface area contributed by atoms with Crippen LogP contribution in [0, 0.1) is 0 Å². The highest BCUT2D eigenvalue weighted by molar-refractivity contribution is 6.09. The third kappa shape index (κ3) is 3.21. The summed E-state index contributed by atoms with van der Waals surface area (Å²) in [7, 11) is 0. The Balaban J connectivity index is 1.77. The van der Waals surface area contributed by atoms with Gasteiger partial charge in [-0.2, -0.15) is 0 Å². The first-order chi connectivity index (χ1) is 16.3. The number of fused-ring (bicyclic) bond motifs is 2. The molecule has 6 aromatic rings. The van der Waals surface area contributed by atoms with Crippen LogP contribution in [0.25, 0.3) is 55.7 Å². The Hall–Kier alpha value is -4.24. The minimum absolute atomic E-state index is 0.747. The van der Waals surface area contributed by atoms with Crippen molar-refractivity contribution < 1.29 is 0 Å². The number of rotatable bonds is 4. The van der Waals surface area contributed by atoms with E-state index in [1.165, 1.54) is 22.2 Å². The second kappa shape index (κ2) is 8.03. The zero-order valence-corrected chi connectivity index (χ0v) is 18.4. The average molecular weight is 426 g/mol. The highest BCUT2D eigenvalue weighted by Gasteiger charge is 2.22. The molecule has 0 amide bonds. The summed E-state index contributed by atoms with van der Waals surface area (Å²) in [5.74, 6) is 0.747. The van der Waals surface area contributed by atoms with Gasteiger partial charge < -0.3 is 4.57 Å². The summed E-state index contributed by atoms with van der Waals surface area (Å²) in [5, 5.41) is 2.27. The summed E-state index contributed by atoms with van der Waals surface area (Å²) in [6, 6.07) is 37.8. The largest absolute Gasteiger partial charge is 0.340 e. The maximum Gasteiger partial charge on any atom is 0.160 e. The normalized spacial score (nSPS) is 11.3. The maximum atomic E-state index is 5.20. The van der Waals surface area contributed by atoms with Crippen molar-refractivity contribution in [2.24, 2.45) is 0 Å². The van der Waals surface area contributed by atoms with Gasteiger partial charge in [0.25, 0.3) is 0 Å². The Morgan fingerprint density at radius 3 is 1.94 bits per heavy atom. The first-order valence-electron chi connectivity index (χ1n) is 11.3. The lowest BCUT2D eigenvalue weighted by molar-refractivity contribution is 0.806. The molecule has 0 spiro atoms. The Bertz CT molecular complexity index is 1580. The van der Waals surface area contributed by atoms with Gasteiger partial charge >= 0.3 is 0 Å². The van der Waals surface area contributed by atoms with Crippen molar-refractivity contribution >= 4 is 21.8 Å². The molecule has 4 aromatic carbocycles. The van der Waals surface area contributed by atoms with Gasteiger partial charge in [0.1, 0.15) is 0 Å². The fraction of sp³-hybridized carbons (Fsp3) is 0.0667. The molecule has 0 unspecified atom stereocenters. The van der Waals surface area contributed by atoms with E-state index in [0.29, 0.717) is 0 Å². The molecule has 2 aromatic heterocycles. The van der Waals surface area contributed by atoms with Gasteiger partial charge in [0, 0.05) is 34.0 Å². The maximum absolute atomic E-state index is 5.20. The van der Waals surface area contributed by atoms with E-state index < -0.39 is 0 Å². The minimum atomic E-state index is 0.747. The van der Waals surface area contributed by atoms with Crippen molar-refractivity contribution in [3.8, 4) is 33.9 Å². The molecule has 0 radical (unpaired) electrons. The van der Waals surface area contributed by atoms with Crippen LogP contribution in [-0.2, 0) is 6.54 Å². The van der Waals surface area contributed by atoms with Gasteiger partial charge in [0.15, 0.2) is 5.82 Å². The number of benzene rings is 4. The van der Waals surface area contributed by atoms with Crippen molar-refractivity contribution in [2.75, 3.05) is 0 Å². The van der Waals surface area contributed by atoms with E-state index in [0.717, 1.165) is 40.1 Å². The molecule has 0 N–H and O–H groups in total. The predicted molar refractivity (Wildman–Crippen MR) is 137 cm³/mol. The Morgan fingerprint density at radius 1 is 0.606 bits per heavy atom. The van der Waals surface area contributed by atoms with E-state index in [1.54, 1.807) is 0 Å². The lowest BCUT2D eigenvalue weighted by Gasteiger charge is -2.13. The number of nitrogens with zero attached hydrogens (tertiary/aromatic N) is 3. The molecule has 0 bridgehead atoms. The molecular weight excluding hydrogens is 402 g/mol. The molecule has 2 heterocycles. The van der Waals surface area contributed by atoms with Gasteiger partial charge in [-0.05, 0) is 24.6 Å². The van der Waals surface area contributed by atoms with Crippen LogP contribution < -0.4 is 0 Å². The molecule has 0 aliphatic rings. The third-order valence-corrected chi connectivity index (χ3v) is 6.21. The monoisotopic (exact) mass is 425 g/mol. The molecule has 0 saturated carbocycles. The van der Waals surface area contributed by atoms with Crippen molar-refractivity contribution in [1.29, 1.82) is 0 Å². The van der Waals surface area contributed by atoms with E-state index >= 15 is 0 Å². The summed E-state index contributed by atoms with van der Waals surface area (Å²) >= 11 is 0. The van der Waals surface area contributed by atoms with Gasteiger partial charge in [0.05, 0.1) is 16.9 Å². The van der Waals surface area contributed by atoms with Gasteiger partial charge in [-0.15, -0.1) is 0 Å². The molecule has 3 heteroatoms. The summed E-state index contributed by atoms with van der Waals surface area (Å²) in [5.41, 5.74) is 7.71. The van der Waals surface area contributed by atoms with Crippen molar-refractivity contribution in [2.45, 2.75) is 13.5 Å². The number of hydrogen-bond donors (Lipinski definition) is 0. The van der Waals surface area contributed by atoms with Crippen LogP contribution in [0.5, 0.6) is 0 Å². The highest BCUT2D eigenvalue weighted by Crippen LogP contribution is 2.42. The molecule has 0 fully saturated rings. The SMILES string of the molecule is CCn1c(-c2ccccc2)c(-c2nc(-c3ccccc3)nc3ccccc23)c2ccccc21. The van der Waals surface area contributed by atoms with E-state index in [-0.39, 0.29) is 0 Å². The molecule has 3 nitrogen and oxygen atoms in total. The summed E-state index contributed by atoms with van der Waals surface area (Å²) in [6.07, 6.45) is 0. The Kier molecular flexibility index (Phi) is 4.73. The van der Waals surface area contributed by atoms with Crippen LogP contribution in [0.15, 0.2) is 109 Å².